The van der Waals surface area contributed by atoms with Gasteiger partial charge in [-0.25, -0.2) is 4.98 Å². The Morgan fingerprint density at radius 3 is 2.88 bits per heavy atom. The molecule has 7 nitrogen and oxygen atoms in total. The van der Waals surface area contributed by atoms with E-state index in [1.54, 1.807) is 20.3 Å². The van der Waals surface area contributed by atoms with Gasteiger partial charge in [-0.3, -0.25) is 9.78 Å². The molecule has 2 fully saturated rings. The number of likely N-dealkylation sites (tertiary alicyclic amines) is 1. The number of piperidine rings is 2. The zero-order valence-corrected chi connectivity index (χ0v) is 14.8. The molecule has 1 aromatic rings. The van der Waals surface area contributed by atoms with E-state index in [1.807, 2.05) is 0 Å². The van der Waals surface area contributed by atoms with Crippen LogP contribution >= 0.6 is 0 Å². The molecule has 0 spiro atoms. The Bertz CT molecular complexity index is 608. The quantitative estimate of drug-likeness (QED) is 0.866. The Hall–Kier alpha value is -1.73. The van der Waals surface area contributed by atoms with E-state index in [0.717, 1.165) is 44.7 Å². The Kier molecular flexibility index (Phi) is 4.73. The van der Waals surface area contributed by atoms with Crippen molar-refractivity contribution >= 4 is 11.7 Å². The van der Waals surface area contributed by atoms with Gasteiger partial charge in [0.15, 0.2) is 0 Å². The molecule has 2 saturated heterocycles. The van der Waals surface area contributed by atoms with Crippen molar-refractivity contribution in [2.24, 2.45) is 5.41 Å². The van der Waals surface area contributed by atoms with Crippen molar-refractivity contribution in [1.29, 1.82) is 0 Å². The first-order valence-corrected chi connectivity index (χ1v) is 8.56. The van der Waals surface area contributed by atoms with Gasteiger partial charge in [0.1, 0.15) is 11.5 Å². The summed E-state index contributed by atoms with van der Waals surface area (Å²) in [6.07, 6.45) is 6.39. The molecule has 24 heavy (non-hydrogen) atoms. The third kappa shape index (κ3) is 2.98. The van der Waals surface area contributed by atoms with Crippen LogP contribution in [0.2, 0.25) is 0 Å². The number of aliphatic hydroxyl groups excluding tert-OH is 1. The maximum Gasteiger partial charge on any atom is 0.273 e. The summed E-state index contributed by atoms with van der Waals surface area (Å²) in [5.41, 5.74) is 0.363. The zero-order chi connectivity index (χ0) is 17.3. The molecule has 132 valence electrons. The first-order valence-electron chi connectivity index (χ1n) is 8.56. The average Bonchev–Trinajstić information content (AvgIpc) is 2.61. The second-order valence-corrected chi connectivity index (χ2v) is 7.28. The number of aliphatic hydroxyl groups is 1. The lowest BCUT2D eigenvalue weighted by molar-refractivity contribution is -0.0277. The number of fused-ring (bicyclic) bond motifs is 1. The summed E-state index contributed by atoms with van der Waals surface area (Å²) in [4.78, 5) is 26.9. The first-order chi connectivity index (χ1) is 11.5. The fourth-order valence-corrected chi connectivity index (χ4v) is 4.06. The molecule has 1 aromatic heterocycles. The number of hydrogen-bond donors (Lipinski definition) is 1. The molecule has 2 aliphatic rings. The Labute approximate surface area is 143 Å². The Balaban J connectivity index is 1.82. The molecule has 7 heteroatoms. The molecule has 0 saturated carbocycles. The summed E-state index contributed by atoms with van der Waals surface area (Å²) in [5.74, 6) is 0.606. The molecular weight excluding hydrogens is 306 g/mol. The number of hydrogen-bond acceptors (Lipinski definition) is 6. The van der Waals surface area contributed by atoms with E-state index in [1.165, 1.54) is 11.1 Å². The van der Waals surface area contributed by atoms with E-state index in [9.17, 15) is 9.90 Å². The number of amides is 1. The van der Waals surface area contributed by atoms with Gasteiger partial charge in [0.05, 0.1) is 19.0 Å². The van der Waals surface area contributed by atoms with Crippen LogP contribution in [0.25, 0.3) is 0 Å². The normalized spacial score (nSPS) is 27.7. The molecule has 3 heterocycles. The number of rotatable bonds is 3. The number of carbonyl (C=O) groups excluding carboxylic acids is 1. The number of nitrogens with zero attached hydrogens (tertiary/aromatic N) is 5. The van der Waals surface area contributed by atoms with Gasteiger partial charge in [-0.15, -0.1) is 0 Å². The highest BCUT2D eigenvalue weighted by atomic mass is 16.3. The molecule has 1 amide bonds. The molecule has 2 aliphatic heterocycles. The van der Waals surface area contributed by atoms with Crippen molar-refractivity contribution < 1.29 is 9.90 Å². The smallest absolute Gasteiger partial charge is 0.273 e. The zero-order valence-electron chi connectivity index (χ0n) is 14.8. The van der Waals surface area contributed by atoms with E-state index >= 15 is 0 Å². The van der Waals surface area contributed by atoms with Gasteiger partial charge >= 0.3 is 0 Å². The van der Waals surface area contributed by atoms with Crippen LogP contribution < -0.4 is 4.90 Å². The summed E-state index contributed by atoms with van der Waals surface area (Å²) in [6, 6.07) is 0.306. The summed E-state index contributed by atoms with van der Waals surface area (Å²) in [5, 5.41) is 10.0. The van der Waals surface area contributed by atoms with Crippen LogP contribution in [-0.4, -0.2) is 84.2 Å². The van der Waals surface area contributed by atoms with Crippen molar-refractivity contribution in [2.45, 2.75) is 25.3 Å². The molecule has 0 bridgehead atoms. The third-order valence-corrected chi connectivity index (χ3v) is 5.58. The number of carbonyl (C=O) groups is 1. The van der Waals surface area contributed by atoms with Crippen LogP contribution in [0.3, 0.4) is 0 Å². The topological polar surface area (TPSA) is 72.8 Å². The van der Waals surface area contributed by atoms with Crippen molar-refractivity contribution in [3.8, 4) is 0 Å². The minimum Gasteiger partial charge on any atom is -0.396 e. The van der Waals surface area contributed by atoms with E-state index in [4.69, 9.17) is 0 Å². The molecule has 2 atom stereocenters. The summed E-state index contributed by atoms with van der Waals surface area (Å²) in [6.45, 7) is 2.94. The highest BCUT2D eigenvalue weighted by Crippen LogP contribution is 2.42. The fourth-order valence-electron chi connectivity index (χ4n) is 4.06. The van der Waals surface area contributed by atoms with Crippen LogP contribution in [0.4, 0.5) is 5.82 Å². The second-order valence-electron chi connectivity index (χ2n) is 7.28. The maximum atomic E-state index is 12.1. The van der Waals surface area contributed by atoms with Gasteiger partial charge < -0.3 is 19.8 Å². The highest BCUT2D eigenvalue weighted by molar-refractivity contribution is 5.91. The third-order valence-electron chi connectivity index (χ3n) is 5.58. The Morgan fingerprint density at radius 1 is 1.38 bits per heavy atom. The second kappa shape index (κ2) is 6.64. The van der Waals surface area contributed by atoms with Gasteiger partial charge in [-0.1, -0.05) is 0 Å². The lowest BCUT2D eigenvalue weighted by atomic mass is 9.69. The molecule has 0 aliphatic carbocycles. The van der Waals surface area contributed by atoms with Crippen molar-refractivity contribution in [3.63, 3.8) is 0 Å². The van der Waals surface area contributed by atoms with E-state index in [2.05, 4.69) is 26.8 Å². The minimum absolute atomic E-state index is 0.00596. The largest absolute Gasteiger partial charge is 0.396 e. The summed E-state index contributed by atoms with van der Waals surface area (Å²) >= 11 is 0. The van der Waals surface area contributed by atoms with Gasteiger partial charge in [-0.2, -0.15) is 0 Å². The van der Waals surface area contributed by atoms with Gasteiger partial charge in [0, 0.05) is 38.6 Å². The maximum absolute atomic E-state index is 12.1. The van der Waals surface area contributed by atoms with Crippen LogP contribution in [0, 0.1) is 5.41 Å². The van der Waals surface area contributed by atoms with Crippen molar-refractivity contribution in [1.82, 2.24) is 19.8 Å². The molecule has 0 radical (unpaired) electrons. The molecule has 3 rings (SSSR count). The molecule has 0 unspecified atom stereocenters. The van der Waals surface area contributed by atoms with Gasteiger partial charge in [-0.05, 0) is 32.9 Å². The molecular formula is C17H27N5O2. The van der Waals surface area contributed by atoms with Gasteiger partial charge in [0.25, 0.3) is 5.91 Å². The monoisotopic (exact) mass is 333 g/mol. The minimum atomic E-state index is -0.138. The highest BCUT2D eigenvalue weighted by Gasteiger charge is 2.46. The average molecular weight is 333 g/mol. The Morgan fingerprint density at radius 2 is 2.17 bits per heavy atom. The van der Waals surface area contributed by atoms with E-state index < -0.39 is 0 Å². The lowest BCUT2D eigenvalue weighted by Gasteiger charge is -2.53. The standard InChI is InChI=1S/C17H27N5O2/c1-20(2)16(24)13-9-18-10-15(19-13)22-8-6-17(12-23)5-4-7-21(3)14(17)11-22/h9-10,14,23H,4-8,11-12H2,1-3H3/t14-,17-/m1/s1. The van der Waals surface area contributed by atoms with Gasteiger partial charge in [0.2, 0.25) is 0 Å². The lowest BCUT2D eigenvalue weighted by Crippen LogP contribution is -2.61. The molecule has 1 N–H and O–H groups in total. The van der Waals surface area contributed by atoms with Crippen LogP contribution in [0.1, 0.15) is 29.8 Å². The summed E-state index contributed by atoms with van der Waals surface area (Å²) < 4.78 is 0. The number of likely N-dealkylation sites (N-methyl/N-ethyl adjacent to an activating group) is 1. The van der Waals surface area contributed by atoms with E-state index in [-0.39, 0.29) is 17.9 Å². The van der Waals surface area contributed by atoms with Crippen LogP contribution in [0.15, 0.2) is 12.4 Å². The number of anilines is 1. The van der Waals surface area contributed by atoms with E-state index in [0.29, 0.717) is 11.7 Å². The van der Waals surface area contributed by atoms with Crippen LogP contribution in [-0.2, 0) is 0 Å². The predicted octanol–water partition coefficient (Wildman–Crippen LogP) is 0.461. The predicted molar refractivity (Wildman–Crippen MR) is 92.1 cm³/mol. The first kappa shape index (κ1) is 17.1. The molecule has 0 aromatic carbocycles. The van der Waals surface area contributed by atoms with Crippen LogP contribution in [0.5, 0.6) is 0 Å². The van der Waals surface area contributed by atoms with Crippen molar-refractivity contribution in [2.75, 3.05) is 52.3 Å². The fraction of sp³-hybridized carbons (Fsp3) is 0.706. The van der Waals surface area contributed by atoms with Crippen molar-refractivity contribution in [3.05, 3.63) is 18.1 Å². The SMILES string of the molecule is CN(C)C(=O)c1cncc(N2CC[C@@]3(CO)CCCN(C)[C@@H]3C2)n1. The number of aromatic nitrogens is 2. The summed E-state index contributed by atoms with van der Waals surface area (Å²) in [7, 11) is 5.56.